The Hall–Kier alpha value is -4.18. The minimum atomic E-state index is 0.890. The summed E-state index contributed by atoms with van der Waals surface area (Å²) in [6, 6.07) is 26.4. The van der Waals surface area contributed by atoms with E-state index in [1.807, 2.05) is 0 Å². The van der Waals surface area contributed by atoms with E-state index in [9.17, 15) is 0 Å². The van der Waals surface area contributed by atoms with Crippen molar-refractivity contribution in [3.05, 3.63) is 129 Å². The zero-order valence-electron chi connectivity index (χ0n) is 25.2. The summed E-state index contributed by atoms with van der Waals surface area (Å²) in [6.45, 7) is 19.3. The van der Waals surface area contributed by atoms with Gasteiger partial charge in [-0.3, -0.25) is 0 Å². The average Bonchev–Trinajstić information content (AvgIpc) is 3.29. The van der Waals surface area contributed by atoms with Gasteiger partial charge in [0.15, 0.2) is 11.6 Å². The fourth-order valence-corrected chi connectivity index (χ4v) is 6.16. The molecule has 0 radical (unpaired) electrons. The van der Waals surface area contributed by atoms with E-state index in [2.05, 4.69) is 149 Å². The molecule has 1 aliphatic heterocycles. The first-order chi connectivity index (χ1) is 19.1. The Balaban J connectivity index is 1.76. The van der Waals surface area contributed by atoms with E-state index in [-0.39, 0.29) is 0 Å². The van der Waals surface area contributed by atoms with E-state index in [1.165, 1.54) is 55.9 Å². The van der Waals surface area contributed by atoms with Gasteiger partial charge in [0.25, 0.3) is 0 Å². The summed E-state index contributed by atoms with van der Waals surface area (Å²) in [5, 5.41) is 7.59. The molecule has 1 fully saturated rings. The molecule has 0 amide bonds. The van der Waals surface area contributed by atoms with Crippen molar-refractivity contribution in [1.29, 1.82) is 0 Å². The maximum atomic E-state index is 3.80. The Morgan fingerprint density at radius 3 is 1.12 bits per heavy atom. The first-order valence-electron chi connectivity index (χ1n) is 14.2. The second-order valence-electron chi connectivity index (χ2n) is 11.5. The zero-order chi connectivity index (χ0) is 28.6. The summed E-state index contributed by atoms with van der Waals surface area (Å²) in [6.07, 6.45) is 0. The van der Waals surface area contributed by atoms with Gasteiger partial charge in [0.2, 0.25) is 0 Å². The van der Waals surface area contributed by atoms with Crippen LogP contribution >= 0.6 is 0 Å². The van der Waals surface area contributed by atoms with Crippen molar-refractivity contribution in [3.63, 3.8) is 0 Å². The van der Waals surface area contributed by atoms with E-state index >= 15 is 0 Å². The van der Waals surface area contributed by atoms with E-state index in [1.54, 1.807) is 0 Å². The predicted molar refractivity (Wildman–Crippen MR) is 173 cm³/mol. The molecule has 40 heavy (non-hydrogen) atoms. The Bertz CT molecular complexity index is 1400. The smallest absolute Gasteiger partial charge is 0.155 e. The Morgan fingerprint density at radius 1 is 0.475 bits per heavy atom. The molecule has 0 aliphatic carbocycles. The van der Waals surface area contributed by atoms with Crippen molar-refractivity contribution in [2.45, 2.75) is 55.4 Å². The molecule has 1 heterocycles. The third kappa shape index (κ3) is 5.58. The van der Waals surface area contributed by atoms with E-state index in [0.717, 1.165) is 36.1 Å². The fraction of sp³-hybridized carbons (Fsp3) is 0.278. The second-order valence-corrected chi connectivity index (χ2v) is 11.5. The van der Waals surface area contributed by atoms with Crippen LogP contribution in [-0.2, 0) is 0 Å². The topological polar surface area (TPSA) is 30.5 Å². The molecule has 1 saturated heterocycles. The van der Waals surface area contributed by atoms with Crippen molar-refractivity contribution in [1.82, 2.24) is 0 Å². The van der Waals surface area contributed by atoms with Crippen LogP contribution in [0.5, 0.6) is 0 Å². The summed E-state index contributed by atoms with van der Waals surface area (Å²) in [5.74, 6) is 2.09. The number of aryl methyl sites for hydroxylation is 8. The minimum Gasteiger partial charge on any atom is -0.339 e. The third-order valence-corrected chi connectivity index (χ3v) is 7.73. The van der Waals surface area contributed by atoms with Crippen LogP contribution in [0.4, 0.5) is 22.7 Å². The lowest BCUT2D eigenvalue weighted by Crippen LogP contribution is -2.31. The van der Waals surface area contributed by atoms with Gasteiger partial charge in [0, 0.05) is 35.8 Å². The molecule has 4 nitrogen and oxygen atoms in total. The van der Waals surface area contributed by atoms with Crippen molar-refractivity contribution >= 4 is 22.7 Å². The first kappa shape index (κ1) is 27.4. The van der Waals surface area contributed by atoms with Crippen LogP contribution in [0.25, 0.3) is 0 Å². The molecular weight excluding hydrogens is 488 g/mol. The molecular formula is C36H42N4. The Kier molecular flexibility index (Phi) is 7.62. The largest absolute Gasteiger partial charge is 0.339 e. The lowest BCUT2D eigenvalue weighted by Gasteiger charge is -2.32. The molecule has 2 N–H and O–H groups in total. The fourth-order valence-electron chi connectivity index (χ4n) is 6.16. The minimum absolute atomic E-state index is 0.890. The number of benzene rings is 4. The zero-order valence-corrected chi connectivity index (χ0v) is 25.2. The van der Waals surface area contributed by atoms with Gasteiger partial charge in [-0.25, -0.2) is 0 Å². The molecule has 0 aromatic heterocycles. The van der Waals surface area contributed by atoms with E-state index < -0.39 is 0 Å². The number of hydrogen-bond acceptors (Lipinski definition) is 4. The summed E-state index contributed by atoms with van der Waals surface area (Å²) in [4.78, 5) is 5.00. The summed E-state index contributed by atoms with van der Waals surface area (Å²) >= 11 is 0. The molecule has 4 aromatic rings. The molecule has 0 bridgehead atoms. The standard InChI is InChI=1S/C36H42N4/c1-23-9-13-31(14-10-23)37-35(38-32-15-11-24(2)12-16-32)36-39(33-27(5)19-25(3)20-28(33)6)17-18-40(36)34-29(7)21-26(4)22-30(34)8/h9-16,19-22,37-38H,17-18H2,1-8H3. The number of nitrogens with one attached hydrogen (secondary N) is 2. The molecule has 0 atom stereocenters. The monoisotopic (exact) mass is 530 g/mol. The van der Waals surface area contributed by atoms with E-state index in [4.69, 9.17) is 0 Å². The summed E-state index contributed by atoms with van der Waals surface area (Å²) in [7, 11) is 0. The van der Waals surface area contributed by atoms with Crippen molar-refractivity contribution in [2.75, 3.05) is 33.5 Å². The van der Waals surface area contributed by atoms with Crippen molar-refractivity contribution < 1.29 is 0 Å². The summed E-state index contributed by atoms with van der Waals surface area (Å²) < 4.78 is 0. The SMILES string of the molecule is Cc1ccc(NC(Nc2ccc(C)cc2)=C2N(c3c(C)cc(C)cc3C)CCN2c2c(C)cc(C)cc2C)cc1. The second kappa shape index (κ2) is 11.1. The average molecular weight is 531 g/mol. The van der Waals surface area contributed by atoms with Crippen LogP contribution in [0.3, 0.4) is 0 Å². The van der Waals surface area contributed by atoms with Crippen molar-refractivity contribution in [3.8, 4) is 0 Å². The normalized spacial score (nSPS) is 13.2. The molecule has 0 unspecified atom stereocenters. The lowest BCUT2D eigenvalue weighted by molar-refractivity contribution is 1.01. The number of hydrogen-bond donors (Lipinski definition) is 2. The maximum absolute atomic E-state index is 3.80. The van der Waals surface area contributed by atoms with Gasteiger partial charge >= 0.3 is 0 Å². The predicted octanol–water partition coefficient (Wildman–Crippen LogP) is 8.83. The molecule has 1 aliphatic rings. The van der Waals surface area contributed by atoms with Gasteiger partial charge < -0.3 is 20.4 Å². The van der Waals surface area contributed by atoms with Crippen LogP contribution in [0.2, 0.25) is 0 Å². The highest BCUT2D eigenvalue weighted by atomic mass is 15.4. The Labute approximate surface area is 240 Å². The van der Waals surface area contributed by atoms with Gasteiger partial charge in [-0.2, -0.15) is 0 Å². The van der Waals surface area contributed by atoms with Gasteiger partial charge in [0.05, 0.1) is 0 Å². The molecule has 4 heteroatoms. The summed E-state index contributed by atoms with van der Waals surface area (Å²) in [5.41, 5.74) is 14.9. The lowest BCUT2D eigenvalue weighted by atomic mass is 10.0. The highest BCUT2D eigenvalue weighted by Crippen LogP contribution is 2.40. The Morgan fingerprint density at radius 2 is 0.800 bits per heavy atom. The van der Waals surface area contributed by atoms with Crippen LogP contribution < -0.4 is 20.4 Å². The number of anilines is 4. The molecule has 5 rings (SSSR count). The van der Waals surface area contributed by atoms with Gasteiger partial charge in [-0.1, -0.05) is 70.8 Å². The highest BCUT2D eigenvalue weighted by Gasteiger charge is 2.34. The van der Waals surface area contributed by atoms with Crippen LogP contribution in [0.1, 0.15) is 44.5 Å². The number of rotatable bonds is 6. The quantitative estimate of drug-likeness (QED) is 0.261. The van der Waals surface area contributed by atoms with Crippen LogP contribution in [0, 0.1) is 55.4 Å². The third-order valence-electron chi connectivity index (χ3n) is 7.73. The maximum Gasteiger partial charge on any atom is 0.155 e. The first-order valence-corrected chi connectivity index (χ1v) is 14.2. The van der Waals surface area contributed by atoms with Gasteiger partial charge in [-0.15, -0.1) is 0 Å². The molecule has 206 valence electrons. The van der Waals surface area contributed by atoms with Gasteiger partial charge in [0.1, 0.15) is 0 Å². The highest BCUT2D eigenvalue weighted by molar-refractivity contribution is 5.75. The van der Waals surface area contributed by atoms with Crippen LogP contribution in [0.15, 0.2) is 84.4 Å². The van der Waals surface area contributed by atoms with E-state index in [0.29, 0.717) is 0 Å². The molecule has 0 spiro atoms. The number of nitrogens with zero attached hydrogens (tertiary/aromatic N) is 2. The molecule has 0 saturated carbocycles. The van der Waals surface area contributed by atoms with Crippen molar-refractivity contribution in [2.24, 2.45) is 0 Å². The molecule has 4 aromatic carbocycles. The van der Waals surface area contributed by atoms with Gasteiger partial charge in [-0.05, 0) is 102 Å². The van der Waals surface area contributed by atoms with Crippen LogP contribution in [-0.4, -0.2) is 13.1 Å².